The van der Waals surface area contributed by atoms with E-state index in [1.54, 1.807) is 6.07 Å². The van der Waals surface area contributed by atoms with Crippen molar-refractivity contribution in [3.05, 3.63) is 46.4 Å². The van der Waals surface area contributed by atoms with Gasteiger partial charge >= 0.3 is 6.03 Å². The SMILES string of the molecule is Cc1cc(N2CCCCC2)nc(CNC(=O)Nc2ccc(C)c(Cl)c2)n1. The molecule has 0 radical (unpaired) electrons. The van der Waals surface area contributed by atoms with Crippen LogP contribution >= 0.6 is 11.6 Å². The van der Waals surface area contributed by atoms with Gasteiger partial charge in [0.25, 0.3) is 0 Å². The van der Waals surface area contributed by atoms with E-state index in [0.717, 1.165) is 30.2 Å². The highest BCUT2D eigenvalue weighted by Crippen LogP contribution is 2.20. The Bertz CT molecular complexity index is 789. The van der Waals surface area contributed by atoms with Crippen LogP contribution in [-0.4, -0.2) is 29.1 Å². The molecule has 1 aliphatic rings. The zero-order valence-electron chi connectivity index (χ0n) is 15.2. The molecule has 1 aliphatic heterocycles. The van der Waals surface area contributed by atoms with Gasteiger partial charge in [0.05, 0.1) is 6.54 Å². The van der Waals surface area contributed by atoms with Crippen LogP contribution in [0, 0.1) is 13.8 Å². The van der Waals surface area contributed by atoms with Crippen LogP contribution in [0.1, 0.15) is 36.3 Å². The minimum absolute atomic E-state index is 0.272. The van der Waals surface area contributed by atoms with Crippen LogP contribution in [0.5, 0.6) is 0 Å². The van der Waals surface area contributed by atoms with Crippen molar-refractivity contribution < 1.29 is 4.79 Å². The second-order valence-electron chi connectivity index (χ2n) is 6.60. The predicted molar refractivity (Wildman–Crippen MR) is 105 cm³/mol. The molecule has 26 heavy (non-hydrogen) atoms. The topological polar surface area (TPSA) is 70.2 Å². The molecule has 138 valence electrons. The molecule has 0 aliphatic carbocycles. The molecular weight excluding hydrogens is 350 g/mol. The third kappa shape index (κ3) is 4.85. The van der Waals surface area contributed by atoms with Crippen molar-refractivity contribution >= 4 is 29.1 Å². The fraction of sp³-hybridized carbons (Fsp3) is 0.421. The van der Waals surface area contributed by atoms with Gasteiger partial charge in [-0.15, -0.1) is 0 Å². The Morgan fingerprint density at radius 3 is 2.65 bits per heavy atom. The first kappa shape index (κ1) is 18.5. The van der Waals surface area contributed by atoms with E-state index >= 15 is 0 Å². The molecule has 0 spiro atoms. The summed E-state index contributed by atoms with van der Waals surface area (Å²) in [6.45, 7) is 6.19. The van der Waals surface area contributed by atoms with Gasteiger partial charge < -0.3 is 15.5 Å². The van der Waals surface area contributed by atoms with Crippen molar-refractivity contribution in [1.29, 1.82) is 0 Å². The van der Waals surface area contributed by atoms with Crippen LogP contribution in [0.4, 0.5) is 16.3 Å². The molecule has 2 amide bonds. The van der Waals surface area contributed by atoms with Crippen molar-refractivity contribution in [2.24, 2.45) is 0 Å². The maximum atomic E-state index is 12.1. The lowest BCUT2D eigenvalue weighted by Crippen LogP contribution is -2.32. The summed E-state index contributed by atoms with van der Waals surface area (Å²) in [6, 6.07) is 7.11. The van der Waals surface area contributed by atoms with Crippen molar-refractivity contribution in [2.45, 2.75) is 39.7 Å². The molecule has 7 heteroatoms. The molecule has 2 N–H and O–H groups in total. The Kier molecular flexibility index (Phi) is 5.93. The highest BCUT2D eigenvalue weighted by Gasteiger charge is 2.14. The molecule has 1 fully saturated rings. The van der Waals surface area contributed by atoms with Gasteiger partial charge in [-0.05, 0) is 50.8 Å². The summed E-state index contributed by atoms with van der Waals surface area (Å²) in [6.07, 6.45) is 3.66. The number of nitrogens with zero attached hydrogens (tertiary/aromatic N) is 3. The Morgan fingerprint density at radius 2 is 1.92 bits per heavy atom. The molecule has 6 nitrogen and oxygen atoms in total. The Morgan fingerprint density at radius 1 is 1.15 bits per heavy atom. The van der Waals surface area contributed by atoms with Crippen LogP contribution in [0.15, 0.2) is 24.3 Å². The standard InChI is InChI=1S/C19H24ClN5O/c1-13-6-7-15(11-16(13)20)23-19(26)21-12-17-22-14(2)10-18(24-17)25-8-4-3-5-9-25/h6-7,10-11H,3-5,8-9,12H2,1-2H3,(H2,21,23,26). The summed E-state index contributed by atoms with van der Waals surface area (Å²) in [5.74, 6) is 1.56. The minimum atomic E-state index is -0.311. The summed E-state index contributed by atoms with van der Waals surface area (Å²) in [4.78, 5) is 23.5. The van der Waals surface area contributed by atoms with E-state index < -0.39 is 0 Å². The molecule has 3 rings (SSSR count). The van der Waals surface area contributed by atoms with E-state index in [1.165, 1.54) is 19.3 Å². The summed E-state index contributed by atoms with van der Waals surface area (Å²) < 4.78 is 0. The van der Waals surface area contributed by atoms with E-state index in [9.17, 15) is 4.79 Å². The molecule has 2 heterocycles. The van der Waals surface area contributed by atoms with Gasteiger partial charge in [0.2, 0.25) is 0 Å². The number of piperidine rings is 1. The van der Waals surface area contributed by atoms with Gasteiger partial charge in [0, 0.05) is 35.6 Å². The predicted octanol–water partition coefficient (Wildman–Crippen LogP) is 4.06. The largest absolute Gasteiger partial charge is 0.357 e. The Labute approximate surface area is 159 Å². The number of amides is 2. The lowest BCUT2D eigenvalue weighted by Gasteiger charge is -2.28. The molecule has 0 bridgehead atoms. The highest BCUT2D eigenvalue weighted by molar-refractivity contribution is 6.31. The third-order valence-electron chi connectivity index (χ3n) is 4.40. The first-order chi connectivity index (χ1) is 12.5. The average Bonchev–Trinajstić information content (AvgIpc) is 2.63. The third-order valence-corrected chi connectivity index (χ3v) is 4.81. The quantitative estimate of drug-likeness (QED) is 0.847. The van der Waals surface area contributed by atoms with E-state index in [4.69, 9.17) is 11.6 Å². The Balaban J connectivity index is 1.60. The maximum absolute atomic E-state index is 12.1. The fourth-order valence-corrected chi connectivity index (χ4v) is 3.16. The van der Waals surface area contributed by atoms with Gasteiger partial charge in [-0.2, -0.15) is 0 Å². The van der Waals surface area contributed by atoms with E-state index in [2.05, 4.69) is 25.5 Å². The van der Waals surface area contributed by atoms with Crippen molar-refractivity contribution in [3.63, 3.8) is 0 Å². The molecule has 1 saturated heterocycles. The van der Waals surface area contributed by atoms with E-state index in [-0.39, 0.29) is 12.6 Å². The van der Waals surface area contributed by atoms with Crippen LogP contribution in [0.3, 0.4) is 0 Å². The van der Waals surface area contributed by atoms with Gasteiger partial charge in [-0.25, -0.2) is 14.8 Å². The number of anilines is 2. The second kappa shape index (κ2) is 8.36. The summed E-state index contributed by atoms with van der Waals surface area (Å²) in [7, 11) is 0. The van der Waals surface area contributed by atoms with Gasteiger partial charge in [0.1, 0.15) is 11.6 Å². The summed E-state index contributed by atoms with van der Waals surface area (Å²) in [5.41, 5.74) is 2.52. The fourth-order valence-electron chi connectivity index (χ4n) is 2.98. The Hall–Kier alpha value is -2.34. The lowest BCUT2D eigenvalue weighted by atomic mass is 10.1. The number of carbonyl (C=O) groups excluding carboxylic acids is 1. The number of aromatic nitrogens is 2. The summed E-state index contributed by atoms with van der Waals surface area (Å²) >= 11 is 6.08. The smallest absolute Gasteiger partial charge is 0.319 e. The molecule has 1 aromatic heterocycles. The molecule has 0 atom stereocenters. The van der Waals surface area contributed by atoms with Crippen LogP contribution in [-0.2, 0) is 6.54 Å². The van der Waals surface area contributed by atoms with Gasteiger partial charge in [0.15, 0.2) is 0 Å². The number of benzene rings is 1. The van der Waals surface area contributed by atoms with Crippen molar-refractivity contribution in [2.75, 3.05) is 23.3 Å². The molecule has 0 unspecified atom stereocenters. The first-order valence-electron chi connectivity index (χ1n) is 8.92. The first-order valence-corrected chi connectivity index (χ1v) is 9.29. The number of hydrogen-bond acceptors (Lipinski definition) is 4. The second-order valence-corrected chi connectivity index (χ2v) is 7.01. The normalized spacial score (nSPS) is 14.2. The number of rotatable bonds is 4. The minimum Gasteiger partial charge on any atom is -0.357 e. The molecule has 2 aromatic rings. The summed E-state index contributed by atoms with van der Waals surface area (Å²) in [5, 5.41) is 6.20. The van der Waals surface area contributed by atoms with Crippen LogP contribution in [0.25, 0.3) is 0 Å². The highest BCUT2D eigenvalue weighted by atomic mass is 35.5. The van der Waals surface area contributed by atoms with Crippen molar-refractivity contribution in [3.8, 4) is 0 Å². The van der Waals surface area contributed by atoms with E-state index in [0.29, 0.717) is 16.5 Å². The number of hydrogen-bond donors (Lipinski definition) is 2. The van der Waals surface area contributed by atoms with Gasteiger partial charge in [-0.3, -0.25) is 0 Å². The number of carbonyl (C=O) groups is 1. The van der Waals surface area contributed by atoms with Crippen LogP contribution < -0.4 is 15.5 Å². The average molecular weight is 374 g/mol. The number of aryl methyl sites for hydroxylation is 2. The number of nitrogens with one attached hydrogen (secondary N) is 2. The van der Waals surface area contributed by atoms with Crippen LogP contribution in [0.2, 0.25) is 5.02 Å². The van der Waals surface area contributed by atoms with Gasteiger partial charge in [-0.1, -0.05) is 17.7 Å². The van der Waals surface area contributed by atoms with Crippen molar-refractivity contribution in [1.82, 2.24) is 15.3 Å². The molecular formula is C19H24ClN5O. The molecule has 0 saturated carbocycles. The zero-order chi connectivity index (χ0) is 18.5. The van der Waals surface area contributed by atoms with E-state index in [1.807, 2.05) is 32.0 Å². The zero-order valence-corrected chi connectivity index (χ0v) is 15.9. The number of halogens is 1. The number of urea groups is 1. The maximum Gasteiger partial charge on any atom is 0.319 e. The monoisotopic (exact) mass is 373 g/mol. The molecule has 1 aromatic carbocycles. The lowest BCUT2D eigenvalue weighted by molar-refractivity contribution is 0.251.